The van der Waals surface area contributed by atoms with Crippen LogP contribution in [-0.2, 0) is 9.59 Å². The number of hydrogen-bond acceptors (Lipinski definition) is 3. The number of carbonyl (C=O) groups excluding carboxylic acids is 2. The van der Waals surface area contributed by atoms with Gasteiger partial charge in [0.25, 0.3) is 0 Å². The summed E-state index contributed by atoms with van der Waals surface area (Å²) in [6, 6.07) is -0.129. The van der Waals surface area contributed by atoms with Crippen molar-refractivity contribution < 1.29 is 9.59 Å². The molecule has 1 saturated heterocycles. The molecule has 0 radical (unpaired) electrons. The number of Topliss-reactive ketones (excluding diaryl/α,β-unsaturated/α-hetero) is 1. The molecule has 0 aromatic carbocycles. The minimum atomic E-state index is -0.129. The lowest BCUT2D eigenvalue weighted by atomic mass is 9.90. The van der Waals surface area contributed by atoms with E-state index >= 15 is 0 Å². The predicted octanol–water partition coefficient (Wildman–Crippen LogP) is 2.30. The van der Waals surface area contributed by atoms with Crippen LogP contribution in [0.4, 0.5) is 0 Å². The first-order chi connectivity index (χ1) is 10.8. The number of carbonyl (C=O) groups is 2. The van der Waals surface area contributed by atoms with Crippen molar-refractivity contribution in [2.45, 2.75) is 44.6 Å². The molecule has 1 unspecified atom stereocenters. The highest BCUT2D eigenvalue weighted by Gasteiger charge is 2.25. The monoisotopic (exact) mass is 298 g/mol. The summed E-state index contributed by atoms with van der Waals surface area (Å²) in [5.74, 6) is 0.0604. The zero-order valence-corrected chi connectivity index (χ0v) is 12.7. The van der Waals surface area contributed by atoms with E-state index in [9.17, 15) is 9.59 Å². The van der Waals surface area contributed by atoms with Crippen molar-refractivity contribution >= 4 is 11.7 Å². The van der Waals surface area contributed by atoms with Gasteiger partial charge in [0.1, 0.15) is 0 Å². The minimum Gasteiger partial charge on any atom is -0.324 e. The average Bonchev–Trinajstić information content (AvgIpc) is 3.10. The smallest absolute Gasteiger partial charge is 0.241 e. The largest absolute Gasteiger partial charge is 0.324 e. The van der Waals surface area contributed by atoms with Gasteiger partial charge < -0.3 is 10.6 Å². The van der Waals surface area contributed by atoms with Crippen molar-refractivity contribution in [1.29, 1.82) is 0 Å². The molecule has 1 aliphatic heterocycles. The lowest BCUT2D eigenvalue weighted by Crippen LogP contribution is -2.40. The van der Waals surface area contributed by atoms with Gasteiger partial charge in [-0.1, -0.05) is 24.3 Å². The van der Waals surface area contributed by atoms with Gasteiger partial charge in [-0.05, 0) is 56.7 Å². The number of amides is 1. The maximum absolute atomic E-state index is 12.7. The lowest BCUT2D eigenvalue weighted by molar-refractivity contribution is -0.122. The van der Waals surface area contributed by atoms with Crippen molar-refractivity contribution in [2.24, 2.45) is 0 Å². The second-order valence-electron chi connectivity index (χ2n) is 5.94. The summed E-state index contributed by atoms with van der Waals surface area (Å²) in [4.78, 5) is 25.0. The van der Waals surface area contributed by atoms with Crippen molar-refractivity contribution in [3.63, 3.8) is 0 Å². The molecule has 1 heterocycles. The first kappa shape index (κ1) is 15.0. The van der Waals surface area contributed by atoms with Crippen LogP contribution < -0.4 is 10.6 Å². The Kier molecular flexibility index (Phi) is 4.68. The third-order valence-electron chi connectivity index (χ3n) is 4.38. The molecule has 0 aromatic heterocycles. The molecule has 0 spiro atoms. The summed E-state index contributed by atoms with van der Waals surface area (Å²) in [6.07, 6.45) is 14.9. The molecule has 1 fully saturated rings. The topological polar surface area (TPSA) is 58.2 Å². The van der Waals surface area contributed by atoms with Gasteiger partial charge in [0.2, 0.25) is 5.91 Å². The Morgan fingerprint density at radius 3 is 2.86 bits per heavy atom. The fourth-order valence-corrected chi connectivity index (χ4v) is 3.12. The fraction of sp³-hybridized carbons (Fsp3) is 0.444. The zero-order valence-electron chi connectivity index (χ0n) is 12.7. The molecule has 1 amide bonds. The van der Waals surface area contributed by atoms with E-state index in [1.54, 1.807) is 0 Å². The molecule has 22 heavy (non-hydrogen) atoms. The van der Waals surface area contributed by atoms with Gasteiger partial charge in [-0.3, -0.25) is 9.59 Å². The van der Waals surface area contributed by atoms with Gasteiger partial charge in [-0.15, -0.1) is 0 Å². The van der Waals surface area contributed by atoms with Crippen LogP contribution in [-0.4, -0.2) is 24.3 Å². The number of ketones is 1. The van der Waals surface area contributed by atoms with Crippen LogP contribution in [0.15, 0.2) is 47.2 Å². The van der Waals surface area contributed by atoms with Gasteiger partial charge in [0.05, 0.1) is 6.04 Å². The van der Waals surface area contributed by atoms with E-state index in [2.05, 4.69) is 16.7 Å². The van der Waals surface area contributed by atoms with E-state index in [4.69, 9.17) is 0 Å². The summed E-state index contributed by atoms with van der Waals surface area (Å²) in [7, 11) is 0. The maximum Gasteiger partial charge on any atom is 0.241 e. The Morgan fingerprint density at radius 2 is 2.14 bits per heavy atom. The predicted molar refractivity (Wildman–Crippen MR) is 86.0 cm³/mol. The normalized spacial score (nSPS) is 24.4. The first-order valence-electron chi connectivity index (χ1n) is 8.08. The molecule has 4 heteroatoms. The summed E-state index contributed by atoms with van der Waals surface area (Å²) >= 11 is 0. The average molecular weight is 298 g/mol. The number of nitrogens with one attached hydrogen (secondary N) is 2. The van der Waals surface area contributed by atoms with E-state index in [-0.39, 0.29) is 17.7 Å². The van der Waals surface area contributed by atoms with E-state index in [0.29, 0.717) is 18.5 Å². The van der Waals surface area contributed by atoms with Crippen LogP contribution in [0.25, 0.3) is 0 Å². The van der Waals surface area contributed by atoms with Crippen molar-refractivity contribution in [3.8, 4) is 0 Å². The highest BCUT2D eigenvalue weighted by Crippen LogP contribution is 2.24. The van der Waals surface area contributed by atoms with E-state index in [1.165, 1.54) is 0 Å². The molecule has 1 atom stereocenters. The van der Waals surface area contributed by atoms with E-state index < -0.39 is 0 Å². The summed E-state index contributed by atoms with van der Waals surface area (Å²) in [5, 5.41) is 6.15. The maximum atomic E-state index is 12.7. The van der Waals surface area contributed by atoms with E-state index in [1.807, 2.05) is 24.3 Å². The fourth-order valence-electron chi connectivity index (χ4n) is 3.12. The molecule has 2 aliphatic carbocycles. The Balaban J connectivity index is 1.77. The molecule has 4 nitrogen and oxygen atoms in total. The van der Waals surface area contributed by atoms with Crippen LogP contribution in [0.5, 0.6) is 0 Å². The SMILES string of the molecule is O=C(C1=CCC=CC1)C1=C(NC(=O)C2CCCN2)C=CCC1. The lowest BCUT2D eigenvalue weighted by Gasteiger charge is -2.19. The third kappa shape index (κ3) is 3.28. The van der Waals surface area contributed by atoms with Crippen molar-refractivity contribution in [2.75, 3.05) is 6.54 Å². The quantitative estimate of drug-likeness (QED) is 0.783. The number of hydrogen-bond donors (Lipinski definition) is 2. The zero-order chi connectivity index (χ0) is 15.4. The van der Waals surface area contributed by atoms with Gasteiger partial charge in [-0.2, -0.15) is 0 Å². The highest BCUT2D eigenvalue weighted by atomic mass is 16.2. The molecule has 0 saturated carbocycles. The first-order valence-corrected chi connectivity index (χ1v) is 8.08. The number of rotatable bonds is 4. The van der Waals surface area contributed by atoms with Gasteiger partial charge in [0, 0.05) is 11.3 Å². The molecule has 3 rings (SSSR count). The second-order valence-corrected chi connectivity index (χ2v) is 5.94. The van der Waals surface area contributed by atoms with Crippen LogP contribution in [0.2, 0.25) is 0 Å². The molecule has 3 aliphatic rings. The molecule has 0 aromatic rings. The summed E-state index contributed by atoms with van der Waals surface area (Å²) < 4.78 is 0. The Labute approximate surface area is 131 Å². The van der Waals surface area contributed by atoms with Gasteiger partial charge in [0.15, 0.2) is 5.78 Å². The van der Waals surface area contributed by atoms with Crippen LogP contribution in [0.1, 0.15) is 38.5 Å². The molecule has 2 N–H and O–H groups in total. The minimum absolute atomic E-state index is 0.0260. The summed E-state index contributed by atoms with van der Waals surface area (Å²) in [5.41, 5.74) is 2.28. The Bertz CT molecular complexity index is 590. The molecule has 0 bridgehead atoms. The van der Waals surface area contributed by atoms with Crippen LogP contribution in [0.3, 0.4) is 0 Å². The summed E-state index contributed by atoms with van der Waals surface area (Å²) in [6.45, 7) is 0.887. The number of allylic oxidation sites excluding steroid dienone is 7. The van der Waals surface area contributed by atoms with Crippen LogP contribution in [0, 0.1) is 0 Å². The van der Waals surface area contributed by atoms with Crippen molar-refractivity contribution in [3.05, 3.63) is 47.2 Å². The third-order valence-corrected chi connectivity index (χ3v) is 4.38. The Hall–Kier alpha value is -1.94. The Morgan fingerprint density at radius 1 is 1.23 bits per heavy atom. The highest BCUT2D eigenvalue weighted by molar-refractivity contribution is 6.09. The van der Waals surface area contributed by atoms with Crippen molar-refractivity contribution in [1.82, 2.24) is 10.6 Å². The standard InChI is InChI=1S/C18H22N2O2/c21-17(13-7-2-1-3-8-13)14-9-4-5-10-15(14)20-18(22)16-11-6-12-19-16/h1-2,5,8,10,16,19H,3-4,6-7,9,11-12H2,(H,20,22). The van der Waals surface area contributed by atoms with E-state index in [0.717, 1.165) is 43.4 Å². The molecular formula is C18H22N2O2. The van der Waals surface area contributed by atoms with Gasteiger partial charge >= 0.3 is 0 Å². The molecular weight excluding hydrogens is 276 g/mol. The van der Waals surface area contributed by atoms with Gasteiger partial charge in [-0.25, -0.2) is 0 Å². The van der Waals surface area contributed by atoms with Crippen LogP contribution >= 0.6 is 0 Å². The second kappa shape index (κ2) is 6.88. The molecule has 116 valence electrons.